The summed E-state index contributed by atoms with van der Waals surface area (Å²) in [5.74, 6) is -14.3. The van der Waals surface area contributed by atoms with Gasteiger partial charge >= 0.3 is 0 Å². The Labute approximate surface area is 766 Å². The van der Waals surface area contributed by atoms with Crippen LogP contribution >= 0.6 is 34.8 Å². The maximum atomic E-state index is 15.0. The number of hydrogen-bond donors (Lipinski definition) is 6. The average molecular weight is 2000 g/mol. The highest BCUT2D eigenvalue weighted by Crippen LogP contribution is 2.40. The summed E-state index contributed by atoms with van der Waals surface area (Å²) in [6.07, 6.45) is 2.89. The molecular weight excluding hydrogens is 1930 g/mol. The molecule has 132 heavy (non-hydrogen) atoms. The number of nitrogens with zero attached hydrogens (tertiary/aromatic N) is 9. The minimum absolute atomic E-state index is 0.0345. The van der Waals surface area contributed by atoms with Gasteiger partial charge in [-0.15, -0.1) is 0 Å². The highest BCUT2D eigenvalue weighted by molar-refractivity contribution is 7.91. The Morgan fingerprint density at radius 2 is 0.674 bits per heavy atom. The average Bonchev–Trinajstić information content (AvgIpc) is 0.750. The van der Waals surface area contributed by atoms with Gasteiger partial charge in [-0.05, 0) is 180 Å². The molecule has 6 N–H and O–H groups in total. The van der Waals surface area contributed by atoms with Crippen molar-refractivity contribution in [2.45, 2.75) is 47.5 Å². The van der Waals surface area contributed by atoms with Gasteiger partial charge in [0, 0.05) is 142 Å². The third-order valence-electron chi connectivity index (χ3n) is 21.1. The second kappa shape index (κ2) is 39.8. The number of carbonyl (C=O) groups is 3. The molecule has 15 rings (SSSR count). The molecule has 3 amide bonds. The summed E-state index contributed by atoms with van der Waals surface area (Å²) in [4.78, 5) is 42.9. The first-order valence-electron chi connectivity index (χ1n) is 38.8. The quantitative estimate of drug-likeness (QED) is 0.0197. The monoisotopic (exact) mass is 2000 g/mol. The Hall–Kier alpha value is -11.5. The van der Waals surface area contributed by atoms with E-state index in [-0.39, 0.29) is 31.9 Å². The third-order valence-corrected chi connectivity index (χ3v) is 33.2. The molecule has 0 saturated carbocycles. The molecule has 3 aliphatic rings. The Bertz CT molecular complexity index is 7150. The van der Waals surface area contributed by atoms with Crippen molar-refractivity contribution in [3.05, 3.63) is 269 Å². The van der Waals surface area contributed by atoms with Gasteiger partial charge in [-0.2, -0.15) is 25.8 Å². The second-order valence-corrected chi connectivity index (χ2v) is 42.5. The minimum Gasteiger partial charge on any atom is -0.451 e. The number of pyridine rings is 1. The molecule has 48 heteroatoms. The fourth-order valence-corrected chi connectivity index (χ4v) is 24.3. The van der Waals surface area contributed by atoms with Gasteiger partial charge in [-0.3, -0.25) is 35.0 Å². The molecule has 11 aromatic carbocycles. The molecule has 3 aliphatic heterocycles. The Balaban J connectivity index is 0.000000168. The van der Waals surface area contributed by atoms with Crippen LogP contribution in [0.3, 0.4) is 0 Å². The van der Waals surface area contributed by atoms with Crippen molar-refractivity contribution >= 4 is 156 Å². The molecule has 0 radical (unpaired) electrons. The molecule has 3 fully saturated rings. The smallest absolute Gasteiger partial charge is 0.263 e. The normalized spacial score (nSPS) is 16.6. The molecule has 0 aliphatic carbocycles. The largest absolute Gasteiger partial charge is 0.451 e. The number of fused-ring (bicyclic) bond motifs is 3. The Morgan fingerprint density at radius 1 is 0.356 bits per heavy atom. The number of aromatic nitrogens is 1. The van der Waals surface area contributed by atoms with E-state index in [2.05, 4.69) is 4.98 Å². The number of hydroxylamine groups is 3. The molecule has 1 aromatic heterocycles. The fourth-order valence-electron chi connectivity index (χ4n) is 14.4. The molecule has 33 nitrogen and oxygen atoms in total. The van der Waals surface area contributed by atoms with Crippen molar-refractivity contribution in [1.29, 1.82) is 0 Å². The summed E-state index contributed by atoms with van der Waals surface area (Å²) in [7, 11) is -19.9. The number of carbonyl (C=O) groups excluding carboxylic acids is 3. The molecule has 4 heterocycles. The zero-order valence-electron chi connectivity index (χ0n) is 68.9. The molecule has 696 valence electrons. The van der Waals surface area contributed by atoms with Gasteiger partial charge in [0.15, 0.2) is 52.2 Å². The molecular formula is C84H75Cl3F6N12O21S6. The lowest BCUT2D eigenvalue weighted by atomic mass is 10.1. The number of halogens is 9. The lowest BCUT2D eigenvalue weighted by molar-refractivity contribution is -0.134. The van der Waals surface area contributed by atoms with Crippen LogP contribution in [-0.4, -0.2) is 220 Å². The Kier molecular flexibility index (Phi) is 29.5. The number of ether oxygens (including phenoxy) is 3. The van der Waals surface area contributed by atoms with E-state index in [1.165, 1.54) is 138 Å². The van der Waals surface area contributed by atoms with Gasteiger partial charge in [0.05, 0.1) is 29.4 Å². The summed E-state index contributed by atoms with van der Waals surface area (Å²) < 4.78 is 274. The van der Waals surface area contributed by atoms with Crippen LogP contribution in [0.1, 0.15) is 0 Å². The first kappa shape index (κ1) is 98.1. The molecule has 0 spiro atoms. The number of nitrogens with one attached hydrogen (secondary N) is 3. The maximum absolute atomic E-state index is 15.0. The van der Waals surface area contributed by atoms with Crippen molar-refractivity contribution in [2.24, 2.45) is 0 Å². The predicted molar refractivity (Wildman–Crippen MR) is 471 cm³/mol. The van der Waals surface area contributed by atoms with Crippen LogP contribution < -0.4 is 40.5 Å². The summed E-state index contributed by atoms with van der Waals surface area (Å²) in [5, 5.41) is 32.6. The zero-order chi connectivity index (χ0) is 95.6. The number of piperazine rings is 3. The fraction of sp³-hybridized carbons (Fsp3) is 0.190. The standard InChI is InChI=1S/2C29H27ClF2N4O7S2.C26H21ClF2N4O7S2/c1-34(2)21-7-3-18-4-10-23(14-19(18)13-21)44(39,40)35-11-12-36(27(17-35)29(37)33-38)45(41,42)24-15-25(31)28(26(32)16-24)43-22-8-5-20(30)6-9-22;1-34(2)20-8-11-23-18(14-20)4-3-5-27(23)45(41,42)35-12-13-36(26(17-35)29(37)33-38)44(39,40)22-15-24(31)28(25(32)16-22)43-21-9-6-19(30)7-10-21;27-17-4-6-18(7-5-17)40-25-21(28)12-19(13-22(25)29)41(36,37)33-11-10-32(15-23(33)26(34)31-35)42(38,39)24-3-1-2-16-14-30-9-8-20(16)24/h3-10,13-16,27,38H,11-12,17H2,1-2H3,(H,33,37);3-11,14-16,26,38H,12-13,17H2,1-2H3,(H,33,37);1-9,12-14,23,35H,10-11,15H2,(H,31,34)/t27-;26-;23-/m111/s1. The van der Waals surface area contributed by atoms with Crippen LogP contribution in [0.15, 0.2) is 248 Å². The summed E-state index contributed by atoms with van der Waals surface area (Å²) in [6, 6.07) is 40.5. The van der Waals surface area contributed by atoms with E-state index in [1.54, 1.807) is 36.4 Å². The zero-order valence-corrected chi connectivity index (χ0v) is 76.1. The lowest BCUT2D eigenvalue weighted by Gasteiger charge is -2.38. The van der Waals surface area contributed by atoms with Crippen LogP contribution in [0.25, 0.3) is 32.3 Å². The van der Waals surface area contributed by atoms with Gasteiger partial charge in [0.1, 0.15) is 35.4 Å². The highest BCUT2D eigenvalue weighted by atomic mass is 35.5. The molecule has 3 saturated heterocycles. The van der Waals surface area contributed by atoms with Crippen molar-refractivity contribution in [2.75, 3.05) is 96.9 Å². The van der Waals surface area contributed by atoms with Gasteiger partial charge in [-0.25, -0.2) is 93.3 Å². The van der Waals surface area contributed by atoms with Crippen LogP contribution in [0, 0.1) is 34.9 Å². The first-order chi connectivity index (χ1) is 62.4. The SMILES string of the molecule is CN(C)c1ccc2c(S(=O)(=O)N3CCN(S(=O)(=O)c4cc(F)c(Oc5ccc(Cl)cc5)c(F)c4)[C@@H](C(=O)NO)C3)cccc2c1.CN(C)c1ccc2ccc(S(=O)(=O)N3CCN(S(=O)(=O)c4cc(F)c(Oc5ccc(Cl)cc5)c(F)c4)[C@@H](C(=O)NO)C3)cc2c1.O=C(NO)[C@H]1CN(S(=O)(=O)c2cccc3cnccc23)CCN1S(=O)(=O)c1cc(F)c(Oc2ccc(Cl)cc2)c(F)c1. The van der Waals surface area contributed by atoms with Crippen LogP contribution in [0.2, 0.25) is 15.1 Å². The number of anilines is 2. The number of rotatable bonds is 23. The summed E-state index contributed by atoms with van der Waals surface area (Å²) in [6.45, 7) is -4.97. The van der Waals surface area contributed by atoms with E-state index in [0.29, 0.717) is 91.3 Å². The van der Waals surface area contributed by atoms with Crippen molar-refractivity contribution in [3.63, 3.8) is 0 Å². The predicted octanol–water partition coefficient (Wildman–Crippen LogP) is 11.9. The topological polar surface area (TPSA) is 419 Å². The maximum Gasteiger partial charge on any atom is 0.263 e. The van der Waals surface area contributed by atoms with Crippen molar-refractivity contribution in [3.8, 4) is 34.5 Å². The van der Waals surface area contributed by atoms with E-state index >= 15 is 8.78 Å². The van der Waals surface area contributed by atoms with Crippen LogP contribution in [-0.2, 0) is 74.5 Å². The van der Waals surface area contributed by atoms with E-state index < -0.39 is 222 Å². The summed E-state index contributed by atoms with van der Waals surface area (Å²) in [5.41, 5.74) is 5.74. The molecule has 0 unspecified atom stereocenters. The summed E-state index contributed by atoms with van der Waals surface area (Å²) >= 11 is 17.4. The number of amides is 3. The molecule has 0 bridgehead atoms. The van der Waals surface area contributed by atoms with E-state index in [1.807, 2.05) is 62.3 Å². The van der Waals surface area contributed by atoms with Gasteiger partial charge in [0.2, 0.25) is 60.1 Å². The number of benzene rings is 11. The van der Waals surface area contributed by atoms with Gasteiger partial charge in [0.25, 0.3) is 17.7 Å². The van der Waals surface area contributed by atoms with E-state index in [4.69, 9.17) is 49.0 Å². The van der Waals surface area contributed by atoms with E-state index in [0.717, 1.165) is 29.7 Å². The molecule has 12 aromatic rings. The van der Waals surface area contributed by atoms with Crippen molar-refractivity contribution < 1.29 is 121 Å². The van der Waals surface area contributed by atoms with Crippen LogP contribution in [0.4, 0.5) is 37.7 Å². The van der Waals surface area contributed by atoms with Crippen molar-refractivity contribution in [1.82, 2.24) is 47.3 Å². The van der Waals surface area contributed by atoms with Gasteiger partial charge < -0.3 is 24.0 Å². The number of hydrogen-bond acceptors (Lipinski definition) is 24. The first-order valence-corrected chi connectivity index (χ1v) is 48.6. The minimum atomic E-state index is -4.81. The third kappa shape index (κ3) is 20.7. The number of sulfonamides is 6. The van der Waals surface area contributed by atoms with E-state index in [9.17, 15) is 98.1 Å². The van der Waals surface area contributed by atoms with Gasteiger partial charge in [-0.1, -0.05) is 77.3 Å². The highest BCUT2D eigenvalue weighted by Gasteiger charge is 2.48. The second-order valence-electron chi connectivity index (χ2n) is 29.7. The van der Waals surface area contributed by atoms with Crippen LogP contribution in [0.5, 0.6) is 34.5 Å². The Morgan fingerprint density at radius 3 is 1.02 bits per heavy atom. The molecule has 3 atom stereocenters. The lowest BCUT2D eigenvalue weighted by Crippen LogP contribution is -2.61.